The number of anilines is 1. The number of fused-ring (bicyclic) bond motifs is 1. The predicted molar refractivity (Wildman–Crippen MR) is 137 cm³/mol. The number of hydrogen-bond donors (Lipinski definition) is 1. The highest BCUT2D eigenvalue weighted by atomic mass is 32.1. The number of nitrogens with one attached hydrogen (secondary N) is 1. The molecule has 1 atom stereocenters. The van der Waals surface area contributed by atoms with Gasteiger partial charge in [0.2, 0.25) is 5.91 Å². The van der Waals surface area contributed by atoms with E-state index >= 15 is 0 Å². The molecular weight excluding hydrogens is 430 g/mol. The van der Waals surface area contributed by atoms with Crippen LogP contribution in [-0.4, -0.2) is 22.6 Å². The van der Waals surface area contributed by atoms with Gasteiger partial charge >= 0.3 is 0 Å². The molecular formula is C27H31N3O2S. The van der Waals surface area contributed by atoms with Crippen LogP contribution in [0.5, 0.6) is 5.75 Å². The van der Waals surface area contributed by atoms with Gasteiger partial charge in [-0.1, -0.05) is 38.1 Å². The number of thiazole rings is 1. The molecule has 5 nitrogen and oxygen atoms in total. The Bertz CT molecular complexity index is 1280. The Kier molecular flexibility index (Phi) is 6.56. The van der Waals surface area contributed by atoms with Crippen LogP contribution in [0.4, 0.5) is 5.13 Å². The Hall–Kier alpha value is -3.12. The molecule has 33 heavy (non-hydrogen) atoms. The lowest BCUT2D eigenvalue weighted by Crippen LogP contribution is -2.18. The van der Waals surface area contributed by atoms with Gasteiger partial charge in [-0.2, -0.15) is 0 Å². The summed E-state index contributed by atoms with van der Waals surface area (Å²) in [5, 5.41) is 6.71. The van der Waals surface area contributed by atoms with Crippen molar-refractivity contribution in [2.45, 2.75) is 40.0 Å². The second-order valence-corrected chi connectivity index (χ2v) is 9.85. The average Bonchev–Trinajstić information content (AvgIpc) is 3.35. The monoisotopic (exact) mass is 461 g/mol. The minimum Gasteiger partial charge on any atom is -0.497 e. The van der Waals surface area contributed by atoms with Crippen molar-refractivity contribution < 1.29 is 9.53 Å². The highest BCUT2D eigenvalue weighted by Gasteiger charge is 2.20. The highest BCUT2D eigenvalue weighted by Crippen LogP contribution is 2.37. The Balaban J connectivity index is 1.54. The van der Waals surface area contributed by atoms with Crippen LogP contribution in [0.2, 0.25) is 0 Å². The van der Waals surface area contributed by atoms with Gasteiger partial charge < -0.3 is 14.6 Å². The third kappa shape index (κ3) is 4.67. The third-order valence-electron chi connectivity index (χ3n) is 6.21. The SMILES string of the molecule is COc1ccc2c(c1)c(-c1csc(NC(=O)C(C)c3ccc(CC(C)C)cc3)n1)c(C)n2C. The Labute approximate surface area is 199 Å². The first-order chi connectivity index (χ1) is 15.8. The van der Waals surface area contributed by atoms with E-state index in [0.29, 0.717) is 11.0 Å². The van der Waals surface area contributed by atoms with E-state index in [1.165, 1.54) is 16.9 Å². The lowest BCUT2D eigenvalue weighted by atomic mass is 9.96. The van der Waals surface area contributed by atoms with Crippen molar-refractivity contribution in [3.8, 4) is 17.0 Å². The maximum absolute atomic E-state index is 12.9. The number of carbonyl (C=O) groups excluding carboxylic acids is 1. The van der Waals surface area contributed by atoms with Gasteiger partial charge in [0, 0.05) is 34.6 Å². The third-order valence-corrected chi connectivity index (χ3v) is 6.96. The molecule has 172 valence electrons. The molecule has 0 bridgehead atoms. The first-order valence-corrected chi connectivity index (χ1v) is 12.1. The van der Waals surface area contributed by atoms with Gasteiger partial charge in [0.25, 0.3) is 0 Å². The van der Waals surface area contributed by atoms with Gasteiger partial charge in [-0.25, -0.2) is 4.98 Å². The van der Waals surface area contributed by atoms with Crippen molar-refractivity contribution in [1.29, 1.82) is 0 Å². The number of rotatable bonds is 7. The van der Waals surface area contributed by atoms with Crippen molar-refractivity contribution in [3.63, 3.8) is 0 Å². The van der Waals surface area contributed by atoms with E-state index in [1.807, 2.05) is 24.4 Å². The minimum atomic E-state index is -0.256. The Morgan fingerprint density at radius 3 is 2.55 bits per heavy atom. The lowest BCUT2D eigenvalue weighted by Gasteiger charge is -2.12. The molecule has 0 spiro atoms. The fourth-order valence-electron chi connectivity index (χ4n) is 4.23. The van der Waals surface area contributed by atoms with E-state index in [4.69, 9.17) is 9.72 Å². The largest absolute Gasteiger partial charge is 0.497 e. The summed E-state index contributed by atoms with van der Waals surface area (Å²) in [7, 11) is 3.73. The molecule has 6 heteroatoms. The molecule has 4 aromatic rings. The number of aromatic nitrogens is 2. The molecule has 2 aromatic carbocycles. The predicted octanol–water partition coefficient (Wildman–Crippen LogP) is 6.56. The Morgan fingerprint density at radius 2 is 1.88 bits per heavy atom. The summed E-state index contributed by atoms with van der Waals surface area (Å²) in [5.74, 6) is 1.12. The molecule has 1 amide bonds. The molecule has 0 aliphatic heterocycles. The van der Waals surface area contributed by atoms with Gasteiger partial charge in [0.15, 0.2) is 5.13 Å². The first-order valence-electron chi connectivity index (χ1n) is 11.3. The van der Waals surface area contributed by atoms with Gasteiger partial charge in [-0.05, 0) is 55.5 Å². The number of amides is 1. The van der Waals surface area contributed by atoms with Crippen molar-refractivity contribution in [3.05, 3.63) is 64.7 Å². The van der Waals surface area contributed by atoms with Crippen LogP contribution in [0.3, 0.4) is 0 Å². The van der Waals surface area contributed by atoms with Gasteiger partial charge in [0.1, 0.15) is 5.75 Å². The van der Waals surface area contributed by atoms with Crippen molar-refractivity contribution >= 4 is 33.3 Å². The smallest absolute Gasteiger partial charge is 0.233 e. The van der Waals surface area contributed by atoms with E-state index in [1.54, 1.807) is 7.11 Å². The summed E-state index contributed by atoms with van der Waals surface area (Å²) < 4.78 is 7.59. The molecule has 0 radical (unpaired) electrons. The molecule has 0 aliphatic carbocycles. The molecule has 0 fully saturated rings. The number of carbonyl (C=O) groups is 1. The quantitative estimate of drug-likeness (QED) is 0.339. The summed E-state index contributed by atoms with van der Waals surface area (Å²) in [4.78, 5) is 17.7. The second-order valence-electron chi connectivity index (χ2n) is 8.99. The number of nitrogens with zero attached hydrogens (tertiary/aromatic N) is 2. The summed E-state index contributed by atoms with van der Waals surface area (Å²) in [6.45, 7) is 8.44. The molecule has 0 saturated carbocycles. The normalized spacial score (nSPS) is 12.3. The topological polar surface area (TPSA) is 56.1 Å². The number of methoxy groups -OCH3 is 1. The summed E-state index contributed by atoms with van der Waals surface area (Å²) >= 11 is 1.45. The lowest BCUT2D eigenvalue weighted by molar-refractivity contribution is -0.117. The minimum absolute atomic E-state index is 0.0520. The standard InChI is InChI=1S/C27H31N3O2S/c1-16(2)13-19-7-9-20(10-8-19)17(3)26(31)29-27-28-23(15-33-27)25-18(4)30(5)24-12-11-21(32-6)14-22(24)25/h7-12,14-17H,13H2,1-6H3,(H,28,29,31). The van der Waals surface area contributed by atoms with Gasteiger partial charge in [-0.15, -0.1) is 11.3 Å². The van der Waals surface area contributed by atoms with Crippen LogP contribution in [0.1, 0.15) is 43.5 Å². The first kappa shape index (κ1) is 23.1. The van der Waals surface area contributed by atoms with E-state index in [0.717, 1.165) is 45.6 Å². The molecule has 2 heterocycles. The zero-order valence-electron chi connectivity index (χ0n) is 20.1. The van der Waals surface area contributed by atoms with Crippen LogP contribution in [-0.2, 0) is 18.3 Å². The number of hydrogen-bond acceptors (Lipinski definition) is 4. The molecule has 0 saturated heterocycles. The fraction of sp³-hybridized carbons (Fsp3) is 0.333. The average molecular weight is 462 g/mol. The van der Waals surface area contributed by atoms with Crippen LogP contribution >= 0.6 is 11.3 Å². The van der Waals surface area contributed by atoms with Gasteiger partial charge in [-0.3, -0.25) is 4.79 Å². The van der Waals surface area contributed by atoms with E-state index in [9.17, 15) is 4.79 Å². The highest BCUT2D eigenvalue weighted by molar-refractivity contribution is 7.14. The Morgan fingerprint density at radius 1 is 1.15 bits per heavy atom. The fourth-order valence-corrected chi connectivity index (χ4v) is 4.93. The summed E-state index contributed by atoms with van der Waals surface area (Å²) in [6.07, 6.45) is 1.04. The summed E-state index contributed by atoms with van der Waals surface area (Å²) in [5.41, 5.74) is 6.48. The van der Waals surface area contributed by atoms with Gasteiger partial charge in [0.05, 0.1) is 18.7 Å². The summed E-state index contributed by atoms with van der Waals surface area (Å²) in [6, 6.07) is 14.4. The zero-order chi connectivity index (χ0) is 23.7. The number of ether oxygens (including phenoxy) is 1. The maximum Gasteiger partial charge on any atom is 0.233 e. The van der Waals surface area contributed by atoms with E-state index in [-0.39, 0.29) is 11.8 Å². The molecule has 1 unspecified atom stereocenters. The van der Waals surface area contributed by atoms with Crippen LogP contribution < -0.4 is 10.1 Å². The van der Waals surface area contributed by atoms with Crippen molar-refractivity contribution in [1.82, 2.24) is 9.55 Å². The van der Waals surface area contributed by atoms with E-state index in [2.05, 4.69) is 68.0 Å². The molecule has 1 N–H and O–H groups in total. The molecule has 0 aliphatic rings. The molecule has 2 aromatic heterocycles. The number of benzene rings is 2. The number of aryl methyl sites for hydroxylation is 1. The van der Waals surface area contributed by atoms with Crippen molar-refractivity contribution in [2.24, 2.45) is 13.0 Å². The van der Waals surface area contributed by atoms with Crippen LogP contribution in [0.25, 0.3) is 22.2 Å². The zero-order valence-corrected chi connectivity index (χ0v) is 20.9. The van der Waals surface area contributed by atoms with Crippen LogP contribution in [0, 0.1) is 12.8 Å². The van der Waals surface area contributed by atoms with Crippen LogP contribution in [0.15, 0.2) is 47.8 Å². The maximum atomic E-state index is 12.9. The van der Waals surface area contributed by atoms with Crippen molar-refractivity contribution in [2.75, 3.05) is 12.4 Å². The molecule has 4 rings (SSSR count). The van der Waals surface area contributed by atoms with E-state index < -0.39 is 0 Å². The second kappa shape index (κ2) is 9.40.